The summed E-state index contributed by atoms with van der Waals surface area (Å²) < 4.78 is 0. The lowest BCUT2D eigenvalue weighted by atomic mass is 10.1. The molecule has 0 radical (unpaired) electrons. The van der Waals surface area contributed by atoms with Gasteiger partial charge in [0.2, 0.25) is 11.8 Å². The van der Waals surface area contributed by atoms with E-state index in [4.69, 9.17) is 0 Å². The molecular formula is C24H27N3O2S. The number of para-hydroxylation sites is 1. The Morgan fingerprint density at radius 3 is 2.47 bits per heavy atom. The minimum Gasteiger partial charge on any atom is -0.326 e. The van der Waals surface area contributed by atoms with Gasteiger partial charge in [-0.05, 0) is 49.1 Å². The number of amidine groups is 1. The second-order valence-electron chi connectivity index (χ2n) is 7.28. The highest BCUT2D eigenvalue weighted by molar-refractivity contribution is 8.15. The molecule has 1 aliphatic rings. The third kappa shape index (κ3) is 5.00. The molecule has 0 bridgehead atoms. The van der Waals surface area contributed by atoms with Gasteiger partial charge in [0.05, 0.1) is 5.69 Å². The molecule has 156 valence electrons. The van der Waals surface area contributed by atoms with Crippen LogP contribution in [0.4, 0.5) is 11.4 Å². The molecule has 2 aromatic carbocycles. The molecule has 1 heterocycles. The maximum Gasteiger partial charge on any atom is 0.242 e. The number of hydrogen-bond acceptors (Lipinski definition) is 4. The van der Waals surface area contributed by atoms with Crippen LogP contribution in [-0.2, 0) is 16.0 Å². The van der Waals surface area contributed by atoms with Crippen LogP contribution in [0.3, 0.4) is 0 Å². The van der Waals surface area contributed by atoms with E-state index in [1.807, 2.05) is 56.3 Å². The van der Waals surface area contributed by atoms with E-state index in [1.165, 1.54) is 17.3 Å². The Bertz CT molecular complexity index is 962. The van der Waals surface area contributed by atoms with E-state index < -0.39 is 5.25 Å². The summed E-state index contributed by atoms with van der Waals surface area (Å²) in [5.74, 6) is -0.286. The number of benzene rings is 2. The van der Waals surface area contributed by atoms with Gasteiger partial charge in [-0.1, -0.05) is 55.1 Å². The number of carbonyl (C=O) groups is 2. The minimum absolute atomic E-state index is 0.0959. The van der Waals surface area contributed by atoms with Crippen molar-refractivity contribution in [2.45, 2.75) is 38.9 Å². The molecule has 1 atom stereocenters. The summed E-state index contributed by atoms with van der Waals surface area (Å²) >= 11 is 1.34. The molecule has 1 aliphatic heterocycles. The van der Waals surface area contributed by atoms with Gasteiger partial charge in [0, 0.05) is 18.7 Å². The van der Waals surface area contributed by atoms with E-state index >= 15 is 0 Å². The highest BCUT2D eigenvalue weighted by Gasteiger charge is 2.38. The van der Waals surface area contributed by atoms with Gasteiger partial charge in [0.15, 0.2) is 5.17 Å². The fraction of sp³-hybridized carbons (Fsp3) is 0.292. The third-order valence-electron chi connectivity index (χ3n) is 5.02. The second kappa shape index (κ2) is 9.76. The van der Waals surface area contributed by atoms with Crippen LogP contribution in [0.2, 0.25) is 0 Å². The Hall–Kier alpha value is -2.86. The molecule has 0 aromatic heterocycles. The highest BCUT2D eigenvalue weighted by atomic mass is 32.2. The van der Waals surface area contributed by atoms with Gasteiger partial charge in [0.1, 0.15) is 5.25 Å². The number of aryl methyl sites for hydroxylation is 3. The number of aliphatic imine (C=N–C) groups is 1. The summed E-state index contributed by atoms with van der Waals surface area (Å²) in [7, 11) is 0. The number of rotatable bonds is 7. The lowest BCUT2D eigenvalue weighted by Gasteiger charge is -2.14. The van der Waals surface area contributed by atoms with E-state index in [2.05, 4.69) is 23.8 Å². The molecule has 0 aliphatic carbocycles. The van der Waals surface area contributed by atoms with Gasteiger partial charge in [-0.3, -0.25) is 14.5 Å². The Morgan fingerprint density at radius 1 is 1.20 bits per heavy atom. The molecule has 5 nitrogen and oxygen atoms in total. The van der Waals surface area contributed by atoms with Crippen LogP contribution in [0.5, 0.6) is 0 Å². The number of nitrogens with one attached hydrogen (secondary N) is 1. The van der Waals surface area contributed by atoms with Crippen molar-refractivity contribution in [1.82, 2.24) is 4.90 Å². The van der Waals surface area contributed by atoms with E-state index in [-0.39, 0.29) is 18.2 Å². The SMILES string of the molecule is C=CCN1C(=O)[C@H](CC(=O)Nc2c(C)cccc2C)SC1=Nc1ccc(CC)cc1. The van der Waals surface area contributed by atoms with Crippen molar-refractivity contribution in [3.8, 4) is 0 Å². The molecule has 2 amide bonds. The summed E-state index contributed by atoms with van der Waals surface area (Å²) in [6.45, 7) is 10.1. The summed E-state index contributed by atoms with van der Waals surface area (Å²) in [4.78, 5) is 31.8. The molecule has 6 heteroatoms. The first-order valence-corrected chi connectivity index (χ1v) is 10.9. The summed E-state index contributed by atoms with van der Waals surface area (Å²) in [5.41, 5.74) is 4.83. The molecule has 1 fully saturated rings. The Labute approximate surface area is 182 Å². The standard InChI is InChI=1S/C24H27N3O2S/c1-5-14-27-23(29)20(15-21(28)26-22-16(3)8-7-9-17(22)4)30-24(27)25-19-12-10-18(6-2)11-13-19/h5,7-13,20H,1,6,14-15H2,2-4H3,(H,26,28)/t20-/m0/s1. The van der Waals surface area contributed by atoms with Gasteiger partial charge < -0.3 is 5.32 Å². The van der Waals surface area contributed by atoms with Gasteiger partial charge >= 0.3 is 0 Å². The molecule has 30 heavy (non-hydrogen) atoms. The largest absolute Gasteiger partial charge is 0.326 e. The van der Waals surface area contributed by atoms with Crippen molar-refractivity contribution in [3.05, 3.63) is 71.8 Å². The Balaban J connectivity index is 1.75. The fourth-order valence-corrected chi connectivity index (χ4v) is 4.48. The van der Waals surface area contributed by atoms with Crippen molar-refractivity contribution >= 4 is 40.1 Å². The maximum absolute atomic E-state index is 12.9. The average Bonchev–Trinajstić information content (AvgIpc) is 3.00. The zero-order valence-electron chi connectivity index (χ0n) is 17.6. The molecule has 0 unspecified atom stereocenters. The molecule has 3 rings (SSSR count). The molecule has 1 N–H and O–H groups in total. The van der Waals surface area contributed by atoms with Crippen LogP contribution in [-0.4, -0.2) is 33.7 Å². The van der Waals surface area contributed by atoms with Crippen LogP contribution in [0.15, 0.2) is 60.1 Å². The zero-order valence-corrected chi connectivity index (χ0v) is 18.5. The number of nitrogens with zero attached hydrogens (tertiary/aromatic N) is 2. The van der Waals surface area contributed by atoms with Gasteiger partial charge in [-0.2, -0.15) is 0 Å². The number of hydrogen-bond donors (Lipinski definition) is 1. The van der Waals surface area contributed by atoms with Crippen molar-refractivity contribution in [3.63, 3.8) is 0 Å². The first-order chi connectivity index (χ1) is 14.4. The summed E-state index contributed by atoms with van der Waals surface area (Å²) in [6.07, 6.45) is 2.73. The van der Waals surface area contributed by atoms with Crippen LogP contribution in [0, 0.1) is 13.8 Å². The predicted molar refractivity (Wildman–Crippen MR) is 125 cm³/mol. The van der Waals surface area contributed by atoms with E-state index in [1.54, 1.807) is 11.0 Å². The summed E-state index contributed by atoms with van der Waals surface area (Å²) in [5, 5.41) is 3.08. The topological polar surface area (TPSA) is 61.8 Å². The van der Waals surface area contributed by atoms with Crippen LogP contribution >= 0.6 is 11.8 Å². The van der Waals surface area contributed by atoms with Crippen LogP contribution in [0.1, 0.15) is 30.0 Å². The minimum atomic E-state index is -0.497. The number of thioether (sulfide) groups is 1. The smallest absolute Gasteiger partial charge is 0.242 e. The van der Waals surface area contributed by atoms with Gasteiger partial charge in [-0.15, -0.1) is 6.58 Å². The normalized spacial score (nSPS) is 17.4. The Morgan fingerprint density at radius 2 is 1.87 bits per heavy atom. The number of anilines is 1. The van der Waals surface area contributed by atoms with E-state index in [0.29, 0.717) is 11.7 Å². The molecule has 2 aromatic rings. The first-order valence-electron chi connectivity index (χ1n) is 10.1. The molecular weight excluding hydrogens is 394 g/mol. The fourth-order valence-electron chi connectivity index (χ4n) is 3.31. The zero-order chi connectivity index (χ0) is 21.7. The quantitative estimate of drug-likeness (QED) is 0.639. The predicted octanol–water partition coefficient (Wildman–Crippen LogP) is 5.01. The maximum atomic E-state index is 12.9. The van der Waals surface area contributed by atoms with Crippen molar-refractivity contribution in [2.24, 2.45) is 4.99 Å². The van der Waals surface area contributed by atoms with E-state index in [9.17, 15) is 9.59 Å². The monoisotopic (exact) mass is 421 g/mol. The van der Waals surface area contributed by atoms with Crippen LogP contribution in [0.25, 0.3) is 0 Å². The Kier molecular flexibility index (Phi) is 7.11. The van der Waals surface area contributed by atoms with Crippen molar-refractivity contribution in [1.29, 1.82) is 0 Å². The number of amides is 2. The molecule has 1 saturated heterocycles. The first kappa shape index (κ1) is 21.8. The van der Waals surface area contributed by atoms with Crippen molar-refractivity contribution in [2.75, 3.05) is 11.9 Å². The molecule has 0 saturated carbocycles. The number of carbonyl (C=O) groups excluding carboxylic acids is 2. The lowest BCUT2D eigenvalue weighted by molar-refractivity contribution is -0.127. The third-order valence-corrected chi connectivity index (χ3v) is 6.19. The van der Waals surface area contributed by atoms with E-state index in [0.717, 1.165) is 28.9 Å². The van der Waals surface area contributed by atoms with Crippen LogP contribution < -0.4 is 5.32 Å². The van der Waals surface area contributed by atoms with Gasteiger partial charge in [0.25, 0.3) is 0 Å². The van der Waals surface area contributed by atoms with Crippen molar-refractivity contribution < 1.29 is 9.59 Å². The highest BCUT2D eigenvalue weighted by Crippen LogP contribution is 2.32. The summed E-state index contributed by atoms with van der Waals surface area (Å²) in [6, 6.07) is 13.8. The average molecular weight is 422 g/mol. The molecule has 0 spiro atoms. The lowest BCUT2D eigenvalue weighted by Crippen LogP contribution is -2.33. The second-order valence-corrected chi connectivity index (χ2v) is 8.45. The van der Waals surface area contributed by atoms with Gasteiger partial charge in [-0.25, -0.2) is 4.99 Å².